The molecule has 1 aliphatic heterocycles. The maximum atomic E-state index is 12.8. The van der Waals surface area contributed by atoms with Gasteiger partial charge in [0.05, 0.1) is 11.3 Å². The summed E-state index contributed by atoms with van der Waals surface area (Å²) in [6.45, 7) is 3.69. The average Bonchev–Trinajstić information content (AvgIpc) is 2.94. The van der Waals surface area contributed by atoms with Gasteiger partial charge in [-0.3, -0.25) is 9.89 Å². The number of hydrogen-bond acceptors (Lipinski definition) is 3. The molecule has 1 N–H and O–H groups in total. The summed E-state index contributed by atoms with van der Waals surface area (Å²) in [6.07, 6.45) is 0.864. The molecule has 2 aromatic carbocycles. The molecule has 3 aromatic rings. The van der Waals surface area contributed by atoms with E-state index in [0.717, 1.165) is 29.9 Å². The monoisotopic (exact) mass is 337 g/mol. The van der Waals surface area contributed by atoms with Crippen LogP contribution in [0.25, 0.3) is 5.69 Å². The van der Waals surface area contributed by atoms with Gasteiger partial charge in [-0.1, -0.05) is 35.9 Å². The lowest BCUT2D eigenvalue weighted by atomic mass is 10.1. The number of rotatable bonds is 3. The van der Waals surface area contributed by atoms with Gasteiger partial charge in [0.2, 0.25) is 0 Å². The van der Waals surface area contributed by atoms with E-state index in [0.29, 0.717) is 6.54 Å². The topological polar surface area (TPSA) is 41.0 Å². The lowest BCUT2D eigenvalue weighted by molar-refractivity contribution is 0.440. The van der Waals surface area contributed by atoms with Crippen LogP contribution in [0, 0.1) is 6.92 Å². The number of aryl methyl sites for hydroxylation is 1. The molecule has 1 aromatic heterocycles. The van der Waals surface area contributed by atoms with E-state index in [2.05, 4.69) is 40.6 Å². The van der Waals surface area contributed by atoms with Crippen LogP contribution in [0.5, 0.6) is 0 Å². The second-order valence-corrected chi connectivity index (χ2v) is 7.23. The van der Waals surface area contributed by atoms with Crippen molar-refractivity contribution in [2.75, 3.05) is 6.54 Å². The van der Waals surface area contributed by atoms with E-state index in [1.54, 1.807) is 16.6 Å². The van der Waals surface area contributed by atoms with Crippen molar-refractivity contribution in [1.29, 1.82) is 0 Å². The predicted octanol–water partition coefficient (Wildman–Crippen LogP) is 3.54. The van der Waals surface area contributed by atoms with Gasteiger partial charge in [-0.05, 0) is 43.1 Å². The van der Waals surface area contributed by atoms with Crippen molar-refractivity contribution in [2.24, 2.45) is 0 Å². The highest BCUT2D eigenvalue weighted by Gasteiger charge is 2.23. The fourth-order valence-corrected chi connectivity index (χ4v) is 3.90. The van der Waals surface area contributed by atoms with E-state index in [1.807, 2.05) is 30.3 Å². The number of aromatic amines is 1. The van der Waals surface area contributed by atoms with E-state index in [4.69, 9.17) is 0 Å². The molecule has 4 nitrogen and oxygen atoms in total. The number of aromatic nitrogens is 2. The first-order valence-corrected chi connectivity index (χ1v) is 8.86. The zero-order valence-electron chi connectivity index (χ0n) is 13.5. The van der Waals surface area contributed by atoms with Crippen molar-refractivity contribution in [3.63, 3.8) is 0 Å². The summed E-state index contributed by atoms with van der Waals surface area (Å²) in [4.78, 5) is 14.0. The molecule has 2 heterocycles. The lowest BCUT2D eigenvalue weighted by Gasteiger charge is -2.24. The first kappa shape index (κ1) is 15.3. The molecule has 4 rings (SSSR count). The van der Waals surface area contributed by atoms with Gasteiger partial charge in [-0.15, -0.1) is 0 Å². The summed E-state index contributed by atoms with van der Waals surface area (Å²) in [7, 11) is 0. The molecule has 0 aliphatic carbocycles. The standard InChI is InChI=1S/C19H19N3OS/c1-14-7-9-16(10-8-14)24-21-12-11-18-17(13-21)19(23)22(20-18)15-5-3-2-4-6-15/h2-10,20H,11-13H2,1H3. The van der Waals surface area contributed by atoms with Crippen molar-refractivity contribution in [1.82, 2.24) is 14.1 Å². The first-order valence-electron chi connectivity index (χ1n) is 8.08. The van der Waals surface area contributed by atoms with Crippen LogP contribution >= 0.6 is 11.9 Å². The number of H-pyrrole nitrogens is 1. The smallest absolute Gasteiger partial charge is 0.276 e. The van der Waals surface area contributed by atoms with Crippen LogP contribution in [0.3, 0.4) is 0 Å². The van der Waals surface area contributed by atoms with E-state index < -0.39 is 0 Å². The van der Waals surface area contributed by atoms with Gasteiger partial charge in [0.25, 0.3) is 5.56 Å². The molecule has 0 saturated heterocycles. The Morgan fingerprint density at radius 2 is 1.79 bits per heavy atom. The number of nitrogens with zero attached hydrogens (tertiary/aromatic N) is 2. The van der Waals surface area contributed by atoms with Crippen LogP contribution in [0.4, 0.5) is 0 Å². The molecule has 0 unspecified atom stereocenters. The molecule has 0 radical (unpaired) electrons. The highest BCUT2D eigenvalue weighted by molar-refractivity contribution is 7.97. The highest BCUT2D eigenvalue weighted by atomic mass is 32.2. The SMILES string of the molecule is Cc1ccc(SN2CCc3[nH]n(-c4ccccc4)c(=O)c3C2)cc1. The number of nitrogens with one attached hydrogen (secondary N) is 1. The molecule has 0 spiro atoms. The van der Waals surface area contributed by atoms with E-state index in [-0.39, 0.29) is 5.56 Å². The summed E-state index contributed by atoms with van der Waals surface area (Å²) >= 11 is 1.72. The molecule has 0 fully saturated rings. The average molecular weight is 337 g/mol. The van der Waals surface area contributed by atoms with E-state index >= 15 is 0 Å². The maximum Gasteiger partial charge on any atom is 0.276 e. The van der Waals surface area contributed by atoms with Gasteiger partial charge in [0.1, 0.15) is 0 Å². The second kappa shape index (κ2) is 6.34. The molecular formula is C19H19N3OS. The molecule has 5 heteroatoms. The van der Waals surface area contributed by atoms with Crippen LogP contribution in [0.15, 0.2) is 64.3 Å². The Labute approximate surface area is 145 Å². The molecule has 0 saturated carbocycles. The minimum atomic E-state index is 0.0606. The Kier molecular flexibility index (Phi) is 4.04. The Morgan fingerprint density at radius 3 is 2.54 bits per heavy atom. The van der Waals surface area contributed by atoms with E-state index in [9.17, 15) is 4.79 Å². The summed E-state index contributed by atoms with van der Waals surface area (Å²) in [6, 6.07) is 18.3. The quantitative estimate of drug-likeness (QED) is 0.743. The largest absolute Gasteiger partial charge is 0.295 e. The van der Waals surface area contributed by atoms with Crippen molar-refractivity contribution in [3.8, 4) is 5.69 Å². The van der Waals surface area contributed by atoms with Crippen LogP contribution in [0.2, 0.25) is 0 Å². The zero-order chi connectivity index (χ0) is 16.5. The first-order chi connectivity index (χ1) is 11.7. The third-order valence-corrected chi connectivity index (χ3v) is 5.34. The van der Waals surface area contributed by atoms with Gasteiger partial charge in [0, 0.05) is 30.1 Å². The summed E-state index contributed by atoms with van der Waals surface area (Å²) in [5, 5.41) is 3.28. The van der Waals surface area contributed by atoms with Crippen LogP contribution in [0.1, 0.15) is 16.8 Å². The molecule has 122 valence electrons. The third kappa shape index (κ3) is 2.92. The Balaban J connectivity index is 1.58. The molecule has 0 amide bonds. The van der Waals surface area contributed by atoms with Gasteiger partial charge in [0.15, 0.2) is 0 Å². The van der Waals surface area contributed by atoms with Gasteiger partial charge in [-0.2, -0.15) is 0 Å². The molecule has 1 aliphatic rings. The van der Waals surface area contributed by atoms with Crippen molar-refractivity contribution in [2.45, 2.75) is 24.8 Å². The highest BCUT2D eigenvalue weighted by Crippen LogP contribution is 2.28. The third-order valence-electron chi connectivity index (χ3n) is 4.29. The van der Waals surface area contributed by atoms with Crippen molar-refractivity contribution in [3.05, 3.63) is 81.8 Å². The number of hydrogen-bond donors (Lipinski definition) is 1. The number of benzene rings is 2. The van der Waals surface area contributed by atoms with Gasteiger partial charge < -0.3 is 0 Å². The van der Waals surface area contributed by atoms with Crippen molar-refractivity contribution >= 4 is 11.9 Å². The normalized spacial score (nSPS) is 14.5. The summed E-state index contributed by atoms with van der Waals surface area (Å²) in [5.74, 6) is 0. The Morgan fingerprint density at radius 1 is 1.04 bits per heavy atom. The van der Waals surface area contributed by atoms with E-state index in [1.165, 1.54) is 10.5 Å². The predicted molar refractivity (Wildman–Crippen MR) is 97.5 cm³/mol. The summed E-state index contributed by atoms with van der Waals surface area (Å²) < 4.78 is 3.92. The van der Waals surface area contributed by atoms with Crippen LogP contribution < -0.4 is 5.56 Å². The fourth-order valence-electron chi connectivity index (χ4n) is 2.96. The van der Waals surface area contributed by atoms with Crippen molar-refractivity contribution < 1.29 is 0 Å². The minimum Gasteiger partial charge on any atom is -0.295 e. The molecule has 0 atom stereocenters. The molecule has 0 bridgehead atoms. The summed E-state index contributed by atoms with van der Waals surface area (Å²) in [5.41, 5.74) is 4.14. The Bertz CT molecular complexity index is 897. The lowest BCUT2D eigenvalue weighted by Crippen LogP contribution is -2.28. The van der Waals surface area contributed by atoms with Crippen LogP contribution in [-0.4, -0.2) is 20.6 Å². The Hall–Kier alpha value is -2.24. The number of fused-ring (bicyclic) bond motifs is 1. The zero-order valence-corrected chi connectivity index (χ0v) is 14.3. The van der Waals surface area contributed by atoms with Gasteiger partial charge in [-0.25, -0.2) is 8.99 Å². The fraction of sp³-hybridized carbons (Fsp3) is 0.211. The minimum absolute atomic E-state index is 0.0606. The molecule has 24 heavy (non-hydrogen) atoms. The number of para-hydroxylation sites is 1. The maximum absolute atomic E-state index is 12.8. The van der Waals surface area contributed by atoms with Gasteiger partial charge >= 0.3 is 0 Å². The second-order valence-electron chi connectivity index (χ2n) is 6.06. The van der Waals surface area contributed by atoms with Crippen LogP contribution in [-0.2, 0) is 13.0 Å². The molecular weight excluding hydrogens is 318 g/mol.